The van der Waals surface area contributed by atoms with E-state index in [4.69, 9.17) is 0 Å². The number of rotatable bonds is 6. The molecule has 3 rings (SSSR count). The maximum Gasteiger partial charge on any atom is 0.131 e. The van der Waals surface area contributed by atoms with Crippen LogP contribution in [0.2, 0.25) is 0 Å². The van der Waals surface area contributed by atoms with E-state index in [9.17, 15) is 4.39 Å². The molecule has 0 aliphatic carbocycles. The summed E-state index contributed by atoms with van der Waals surface area (Å²) >= 11 is 0. The summed E-state index contributed by atoms with van der Waals surface area (Å²) in [7, 11) is 0. The molecule has 26 heavy (non-hydrogen) atoms. The maximum atomic E-state index is 14.7. The lowest BCUT2D eigenvalue weighted by molar-refractivity contribution is 0.632. The molecule has 132 valence electrons. The standard InChI is InChI=1S/C25H25F/c1-3-5-6-7-20-10-12-21(13-11-20)23-16-17-24(25(26)18-23)22-14-8-19(4-2)9-15-22/h3,5,8-18H,4,6-7H2,1-2H3/b5-3-. The van der Waals surface area contributed by atoms with Crippen molar-refractivity contribution in [1.29, 1.82) is 0 Å². The van der Waals surface area contributed by atoms with Gasteiger partial charge in [-0.1, -0.05) is 79.7 Å². The van der Waals surface area contributed by atoms with Crippen LogP contribution in [0.5, 0.6) is 0 Å². The summed E-state index contributed by atoms with van der Waals surface area (Å²) in [5.74, 6) is -0.177. The molecule has 0 radical (unpaired) electrons. The molecule has 3 aromatic carbocycles. The zero-order valence-electron chi connectivity index (χ0n) is 15.5. The fraction of sp³-hybridized carbons (Fsp3) is 0.200. The van der Waals surface area contributed by atoms with E-state index in [2.05, 4.69) is 55.5 Å². The van der Waals surface area contributed by atoms with E-state index in [1.807, 2.05) is 31.2 Å². The highest BCUT2D eigenvalue weighted by Crippen LogP contribution is 2.28. The lowest BCUT2D eigenvalue weighted by Crippen LogP contribution is -1.88. The van der Waals surface area contributed by atoms with Crippen LogP contribution in [0.15, 0.2) is 78.9 Å². The summed E-state index contributed by atoms with van der Waals surface area (Å²) in [6.07, 6.45) is 7.33. The first kappa shape index (κ1) is 18.1. The molecule has 0 aromatic heterocycles. The molecule has 0 atom stereocenters. The van der Waals surface area contributed by atoms with Crippen LogP contribution in [0.3, 0.4) is 0 Å². The van der Waals surface area contributed by atoms with Crippen LogP contribution in [0.25, 0.3) is 22.3 Å². The van der Waals surface area contributed by atoms with Gasteiger partial charge in [0.2, 0.25) is 0 Å². The minimum atomic E-state index is -0.177. The summed E-state index contributed by atoms with van der Waals surface area (Å²) in [5, 5.41) is 0. The molecule has 3 aromatic rings. The van der Waals surface area contributed by atoms with Gasteiger partial charge in [0, 0.05) is 5.56 Å². The average molecular weight is 344 g/mol. The van der Waals surface area contributed by atoms with Crippen LogP contribution in [0.4, 0.5) is 4.39 Å². The van der Waals surface area contributed by atoms with Crippen molar-refractivity contribution >= 4 is 0 Å². The maximum absolute atomic E-state index is 14.7. The topological polar surface area (TPSA) is 0 Å². The van der Waals surface area contributed by atoms with E-state index in [1.54, 1.807) is 6.07 Å². The third-order valence-electron chi connectivity index (χ3n) is 4.76. The molecular weight excluding hydrogens is 319 g/mol. The lowest BCUT2D eigenvalue weighted by atomic mass is 9.97. The van der Waals surface area contributed by atoms with Crippen LogP contribution in [-0.4, -0.2) is 0 Å². The van der Waals surface area contributed by atoms with Gasteiger partial charge in [0.25, 0.3) is 0 Å². The van der Waals surface area contributed by atoms with Crippen molar-refractivity contribution in [3.63, 3.8) is 0 Å². The lowest BCUT2D eigenvalue weighted by Gasteiger charge is -2.08. The minimum absolute atomic E-state index is 0.177. The Morgan fingerprint density at radius 3 is 2.00 bits per heavy atom. The summed E-state index contributed by atoms with van der Waals surface area (Å²) < 4.78 is 14.7. The van der Waals surface area contributed by atoms with Crippen LogP contribution >= 0.6 is 0 Å². The highest BCUT2D eigenvalue weighted by atomic mass is 19.1. The first-order valence-electron chi connectivity index (χ1n) is 9.30. The van der Waals surface area contributed by atoms with Crippen molar-refractivity contribution < 1.29 is 4.39 Å². The molecule has 0 amide bonds. The monoisotopic (exact) mass is 344 g/mol. The van der Waals surface area contributed by atoms with E-state index in [0.29, 0.717) is 5.56 Å². The highest BCUT2D eigenvalue weighted by molar-refractivity contribution is 5.71. The predicted molar refractivity (Wildman–Crippen MR) is 110 cm³/mol. The molecule has 0 saturated carbocycles. The Bertz CT molecular complexity index is 871. The largest absolute Gasteiger partial charge is 0.206 e. The Labute approximate surface area is 156 Å². The third kappa shape index (κ3) is 4.29. The summed E-state index contributed by atoms with van der Waals surface area (Å²) in [6.45, 7) is 4.16. The van der Waals surface area contributed by atoms with Crippen molar-refractivity contribution in [2.45, 2.75) is 33.1 Å². The Hall–Kier alpha value is -2.67. The van der Waals surface area contributed by atoms with Crippen molar-refractivity contribution in [3.05, 3.63) is 95.8 Å². The average Bonchev–Trinajstić information content (AvgIpc) is 2.69. The zero-order chi connectivity index (χ0) is 18.4. The molecule has 0 heterocycles. The van der Waals surface area contributed by atoms with E-state index < -0.39 is 0 Å². The smallest absolute Gasteiger partial charge is 0.131 e. The number of hydrogen-bond acceptors (Lipinski definition) is 0. The molecule has 0 aliphatic rings. The Morgan fingerprint density at radius 1 is 0.769 bits per heavy atom. The van der Waals surface area contributed by atoms with Gasteiger partial charge in [-0.15, -0.1) is 0 Å². The third-order valence-corrected chi connectivity index (χ3v) is 4.76. The van der Waals surface area contributed by atoms with Crippen molar-refractivity contribution in [2.24, 2.45) is 0 Å². The van der Waals surface area contributed by atoms with Gasteiger partial charge in [-0.3, -0.25) is 0 Å². The first-order chi connectivity index (χ1) is 12.7. The molecule has 0 saturated heterocycles. The second-order valence-electron chi connectivity index (χ2n) is 6.55. The van der Waals surface area contributed by atoms with Gasteiger partial charge in [-0.25, -0.2) is 4.39 Å². The SMILES string of the molecule is C/C=C\CCc1ccc(-c2ccc(-c3ccc(CC)cc3)c(F)c2)cc1. The number of hydrogen-bond donors (Lipinski definition) is 0. The van der Waals surface area contributed by atoms with E-state index >= 15 is 0 Å². The number of benzene rings is 3. The van der Waals surface area contributed by atoms with Crippen molar-refractivity contribution in [2.75, 3.05) is 0 Å². The molecule has 0 spiro atoms. The molecule has 1 heteroatoms. The molecule has 0 bridgehead atoms. The molecule has 0 N–H and O–H groups in total. The van der Waals surface area contributed by atoms with Crippen molar-refractivity contribution in [1.82, 2.24) is 0 Å². The fourth-order valence-electron chi connectivity index (χ4n) is 3.13. The van der Waals surface area contributed by atoms with Gasteiger partial charge in [0.15, 0.2) is 0 Å². The number of allylic oxidation sites excluding steroid dienone is 2. The van der Waals surface area contributed by atoms with Gasteiger partial charge in [0.05, 0.1) is 0 Å². The predicted octanol–water partition coefficient (Wildman–Crippen LogP) is 7.23. The minimum Gasteiger partial charge on any atom is -0.206 e. The van der Waals surface area contributed by atoms with Gasteiger partial charge in [0.1, 0.15) is 5.82 Å². The van der Waals surface area contributed by atoms with Gasteiger partial charge < -0.3 is 0 Å². The van der Waals surface area contributed by atoms with Crippen LogP contribution in [0.1, 0.15) is 31.4 Å². The molecule has 0 unspecified atom stereocenters. The molecular formula is C25H25F. The van der Waals surface area contributed by atoms with Gasteiger partial charge in [-0.05, 0) is 60.1 Å². The summed E-state index contributed by atoms with van der Waals surface area (Å²) in [6, 6.07) is 22.1. The molecule has 0 aliphatic heterocycles. The van der Waals surface area contributed by atoms with E-state index in [-0.39, 0.29) is 5.82 Å². The quantitative estimate of drug-likeness (QED) is 0.414. The number of aryl methyl sites for hydroxylation is 2. The fourth-order valence-corrected chi connectivity index (χ4v) is 3.13. The van der Waals surface area contributed by atoms with Crippen LogP contribution < -0.4 is 0 Å². The van der Waals surface area contributed by atoms with Crippen LogP contribution in [-0.2, 0) is 12.8 Å². The van der Waals surface area contributed by atoms with E-state index in [1.165, 1.54) is 11.1 Å². The Kier molecular flexibility index (Phi) is 6.01. The first-order valence-corrected chi connectivity index (χ1v) is 9.30. The Balaban J connectivity index is 1.80. The van der Waals surface area contributed by atoms with Gasteiger partial charge >= 0.3 is 0 Å². The second-order valence-corrected chi connectivity index (χ2v) is 6.55. The van der Waals surface area contributed by atoms with Gasteiger partial charge in [-0.2, -0.15) is 0 Å². The number of halogens is 1. The highest BCUT2D eigenvalue weighted by Gasteiger charge is 2.07. The molecule has 0 fully saturated rings. The van der Waals surface area contributed by atoms with E-state index in [0.717, 1.165) is 36.0 Å². The normalized spacial score (nSPS) is 11.2. The second kappa shape index (κ2) is 8.62. The summed E-state index contributed by atoms with van der Waals surface area (Å²) in [4.78, 5) is 0. The molecule has 0 nitrogen and oxygen atoms in total. The van der Waals surface area contributed by atoms with Crippen molar-refractivity contribution in [3.8, 4) is 22.3 Å². The van der Waals surface area contributed by atoms with Crippen LogP contribution in [0, 0.1) is 5.82 Å². The summed E-state index contributed by atoms with van der Waals surface area (Å²) in [5.41, 5.74) is 6.10. The zero-order valence-corrected chi connectivity index (χ0v) is 15.5. The Morgan fingerprint density at radius 2 is 1.38 bits per heavy atom.